The highest BCUT2D eigenvalue weighted by atomic mass is 19.4. The fourth-order valence-corrected chi connectivity index (χ4v) is 1.88. The Morgan fingerprint density at radius 1 is 1.10 bits per heavy atom. The third-order valence-electron chi connectivity index (χ3n) is 2.95. The maximum absolute atomic E-state index is 12.3. The lowest BCUT2D eigenvalue weighted by Crippen LogP contribution is -2.09. The Balaban J connectivity index is 0.000000315. The zero-order valence-electron chi connectivity index (χ0n) is 10.9. The largest absolute Gasteiger partial charge is 0.473 e. The Morgan fingerprint density at radius 3 is 1.95 bits per heavy atom. The van der Waals surface area contributed by atoms with E-state index in [0.717, 1.165) is 37.2 Å². The van der Waals surface area contributed by atoms with Gasteiger partial charge >= 0.3 is 18.1 Å². The molecule has 0 bridgehead atoms. The molecule has 3 N–H and O–H groups in total. The van der Waals surface area contributed by atoms with E-state index >= 15 is 0 Å². The Morgan fingerprint density at radius 2 is 1.62 bits per heavy atom. The zero-order valence-corrected chi connectivity index (χ0v) is 10.9. The van der Waals surface area contributed by atoms with Gasteiger partial charge in [0.05, 0.1) is 5.56 Å². The van der Waals surface area contributed by atoms with Crippen molar-refractivity contribution in [1.29, 1.82) is 0 Å². The summed E-state index contributed by atoms with van der Waals surface area (Å²) in [5.41, 5.74) is 0.421. The molecule has 116 valence electrons. The number of benzene rings is 1. The molecule has 0 radical (unpaired) electrons. The highest BCUT2D eigenvalue weighted by Gasteiger charge is 2.30. The maximum Gasteiger partial charge on any atom is 0.416 e. The van der Waals surface area contributed by atoms with Gasteiger partial charge in [-0.25, -0.2) is 9.59 Å². The Bertz CT molecular complexity index is 481. The van der Waals surface area contributed by atoms with Crippen molar-refractivity contribution in [3.63, 3.8) is 0 Å². The van der Waals surface area contributed by atoms with Crippen LogP contribution in [0.1, 0.15) is 23.5 Å². The molecule has 1 aliphatic rings. The van der Waals surface area contributed by atoms with E-state index < -0.39 is 23.7 Å². The van der Waals surface area contributed by atoms with Gasteiger partial charge in [0.1, 0.15) is 0 Å². The van der Waals surface area contributed by atoms with Crippen molar-refractivity contribution in [1.82, 2.24) is 5.32 Å². The molecule has 1 atom stereocenters. The van der Waals surface area contributed by atoms with Crippen molar-refractivity contribution in [2.24, 2.45) is 0 Å². The Hall–Kier alpha value is -2.09. The van der Waals surface area contributed by atoms with Gasteiger partial charge < -0.3 is 15.5 Å². The van der Waals surface area contributed by atoms with Crippen LogP contribution in [0.25, 0.3) is 0 Å². The van der Waals surface area contributed by atoms with Crippen LogP contribution >= 0.6 is 0 Å². The molecule has 21 heavy (non-hydrogen) atoms. The minimum atomic E-state index is -4.23. The summed E-state index contributed by atoms with van der Waals surface area (Å²) in [5.74, 6) is -3.28. The second-order valence-electron chi connectivity index (χ2n) is 4.42. The van der Waals surface area contributed by atoms with Gasteiger partial charge in [-0.05, 0) is 36.6 Å². The van der Waals surface area contributed by atoms with Gasteiger partial charge in [0.2, 0.25) is 0 Å². The van der Waals surface area contributed by atoms with Crippen molar-refractivity contribution in [2.75, 3.05) is 13.1 Å². The lowest BCUT2D eigenvalue weighted by atomic mass is 9.97. The minimum Gasteiger partial charge on any atom is -0.473 e. The molecular formula is C13H14F3NO4. The number of carboxylic acid groups (broad SMARTS) is 2. The Labute approximate surface area is 118 Å². The molecule has 0 spiro atoms. The number of hydrogen-bond acceptors (Lipinski definition) is 3. The Kier molecular flexibility index (Phi) is 5.71. The van der Waals surface area contributed by atoms with Gasteiger partial charge in [0.15, 0.2) is 0 Å². The fraction of sp³-hybridized carbons (Fsp3) is 0.385. The first kappa shape index (κ1) is 17.0. The van der Waals surface area contributed by atoms with Crippen LogP contribution in [0.3, 0.4) is 0 Å². The smallest absolute Gasteiger partial charge is 0.416 e. The molecule has 1 saturated heterocycles. The van der Waals surface area contributed by atoms with Crippen molar-refractivity contribution in [3.05, 3.63) is 35.4 Å². The number of hydrogen-bond donors (Lipinski definition) is 3. The van der Waals surface area contributed by atoms with Gasteiger partial charge in [-0.1, -0.05) is 12.1 Å². The van der Waals surface area contributed by atoms with Crippen LogP contribution in [0.4, 0.5) is 13.2 Å². The maximum atomic E-state index is 12.3. The second-order valence-corrected chi connectivity index (χ2v) is 4.42. The predicted molar refractivity (Wildman–Crippen MR) is 66.9 cm³/mol. The molecule has 0 aliphatic carbocycles. The average molecular weight is 305 g/mol. The SMILES string of the molecule is FC(F)(F)c1ccc(C2CCNC2)cc1.O=C(O)C(=O)O. The molecule has 8 heteroatoms. The zero-order chi connectivity index (χ0) is 16.0. The number of carboxylic acids is 2. The number of rotatable bonds is 1. The minimum absolute atomic E-state index is 0.368. The van der Waals surface area contributed by atoms with Crippen LogP contribution in [-0.4, -0.2) is 35.2 Å². The quantitative estimate of drug-likeness (QED) is 0.690. The molecule has 0 amide bonds. The van der Waals surface area contributed by atoms with Crippen LogP contribution in [0.15, 0.2) is 24.3 Å². The highest BCUT2D eigenvalue weighted by Crippen LogP contribution is 2.31. The number of aliphatic carboxylic acids is 2. The van der Waals surface area contributed by atoms with Gasteiger partial charge in [0.25, 0.3) is 0 Å². The first-order valence-corrected chi connectivity index (χ1v) is 6.06. The molecule has 1 unspecified atom stereocenters. The van der Waals surface area contributed by atoms with E-state index in [1.165, 1.54) is 0 Å². The highest BCUT2D eigenvalue weighted by molar-refractivity contribution is 6.27. The van der Waals surface area contributed by atoms with Gasteiger partial charge in [0, 0.05) is 6.54 Å². The fourth-order valence-electron chi connectivity index (χ4n) is 1.88. The third kappa shape index (κ3) is 5.42. The van der Waals surface area contributed by atoms with Crippen molar-refractivity contribution >= 4 is 11.9 Å². The van der Waals surface area contributed by atoms with E-state index in [-0.39, 0.29) is 0 Å². The molecule has 0 aromatic heterocycles. The van der Waals surface area contributed by atoms with Crippen LogP contribution < -0.4 is 5.32 Å². The summed E-state index contributed by atoms with van der Waals surface area (Å²) < 4.78 is 36.9. The molecule has 0 saturated carbocycles. The number of halogens is 3. The van der Waals surface area contributed by atoms with E-state index in [9.17, 15) is 13.2 Å². The number of carbonyl (C=O) groups is 2. The summed E-state index contributed by atoms with van der Waals surface area (Å²) >= 11 is 0. The van der Waals surface area contributed by atoms with E-state index in [1.54, 1.807) is 12.1 Å². The number of nitrogens with one attached hydrogen (secondary N) is 1. The summed E-state index contributed by atoms with van der Waals surface area (Å²) in [6, 6.07) is 5.49. The third-order valence-corrected chi connectivity index (χ3v) is 2.95. The summed E-state index contributed by atoms with van der Waals surface area (Å²) in [7, 11) is 0. The summed E-state index contributed by atoms with van der Waals surface area (Å²) in [5, 5.41) is 18.0. The molecule has 5 nitrogen and oxygen atoms in total. The topological polar surface area (TPSA) is 86.6 Å². The summed E-state index contributed by atoms with van der Waals surface area (Å²) in [6.07, 6.45) is -3.22. The van der Waals surface area contributed by atoms with Crippen molar-refractivity contribution in [2.45, 2.75) is 18.5 Å². The molecular weight excluding hydrogens is 291 g/mol. The average Bonchev–Trinajstić information content (AvgIpc) is 2.92. The van der Waals surface area contributed by atoms with Gasteiger partial charge in [-0.15, -0.1) is 0 Å². The van der Waals surface area contributed by atoms with E-state index in [1.807, 2.05) is 0 Å². The lowest BCUT2D eigenvalue weighted by molar-refractivity contribution is -0.159. The first-order valence-electron chi connectivity index (χ1n) is 6.06. The molecule has 1 aromatic carbocycles. The van der Waals surface area contributed by atoms with E-state index in [4.69, 9.17) is 19.8 Å². The second kappa shape index (κ2) is 7.07. The standard InChI is InChI=1S/C11H12F3N.C2H2O4/c12-11(13,14)10-3-1-8(2-4-10)9-5-6-15-7-9;3-1(4)2(5)6/h1-4,9,15H,5-7H2;(H,3,4)(H,5,6). The van der Waals surface area contributed by atoms with E-state index in [2.05, 4.69) is 5.32 Å². The normalized spacial score (nSPS) is 17.8. The van der Waals surface area contributed by atoms with Crippen LogP contribution in [0.2, 0.25) is 0 Å². The van der Waals surface area contributed by atoms with Crippen LogP contribution in [0, 0.1) is 0 Å². The molecule has 1 aromatic rings. The monoisotopic (exact) mass is 305 g/mol. The van der Waals surface area contributed by atoms with Crippen molar-refractivity contribution in [3.8, 4) is 0 Å². The molecule has 1 aliphatic heterocycles. The van der Waals surface area contributed by atoms with E-state index in [0.29, 0.717) is 5.92 Å². The van der Waals surface area contributed by atoms with Crippen LogP contribution in [0.5, 0.6) is 0 Å². The lowest BCUT2D eigenvalue weighted by Gasteiger charge is -2.11. The first-order chi connectivity index (χ1) is 9.71. The summed E-state index contributed by atoms with van der Waals surface area (Å²) in [4.78, 5) is 18.2. The summed E-state index contributed by atoms with van der Waals surface area (Å²) in [6.45, 7) is 1.82. The van der Waals surface area contributed by atoms with Gasteiger partial charge in [-0.2, -0.15) is 13.2 Å². The molecule has 1 fully saturated rings. The van der Waals surface area contributed by atoms with Gasteiger partial charge in [-0.3, -0.25) is 0 Å². The molecule has 1 heterocycles. The van der Waals surface area contributed by atoms with Crippen LogP contribution in [-0.2, 0) is 15.8 Å². The molecule has 2 rings (SSSR count). The van der Waals surface area contributed by atoms with Crippen molar-refractivity contribution < 1.29 is 33.0 Å². The number of alkyl halides is 3. The predicted octanol–water partition coefficient (Wildman–Crippen LogP) is 1.94.